The number of rotatable bonds is 2. The Labute approximate surface area is 110 Å². The Morgan fingerprint density at radius 3 is 1.39 bits per heavy atom. The molecule has 0 spiro atoms. The summed E-state index contributed by atoms with van der Waals surface area (Å²) in [6, 6.07) is 13.1. The highest BCUT2D eigenvalue weighted by Crippen LogP contribution is 2.17. The third kappa shape index (κ3) is 2.89. The highest BCUT2D eigenvalue weighted by Gasteiger charge is 1.97. The fraction of sp³-hybridized carbons (Fsp3) is 0.222. The van der Waals surface area contributed by atoms with Gasteiger partial charge in [0.2, 0.25) is 0 Å². The highest BCUT2D eigenvalue weighted by molar-refractivity contribution is 5.72. The second-order valence-corrected chi connectivity index (χ2v) is 5.05. The fourth-order valence-electron chi connectivity index (χ4n) is 2.06. The Morgan fingerprint density at radius 1 is 0.611 bits per heavy atom. The van der Waals surface area contributed by atoms with E-state index in [9.17, 15) is 0 Å². The molecule has 0 aromatic heterocycles. The maximum atomic E-state index is 2.23. The molecule has 2 aromatic carbocycles. The van der Waals surface area contributed by atoms with E-state index in [1.54, 1.807) is 0 Å². The third-order valence-corrected chi connectivity index (χ3v) is 3.31. The molecule has 0 aliphatic heterocycles. The van der Waals surface area contributed by atoms with Crippen molar-refractivity contribution >= 4 is 12.2 Å². The van der Waals surface area contributed by atoms with E-state index in [2.05, 4.69) is 76.2 Å². The highest BCUT2D eigenvalue weighted by atomic mass is 14.0. The minimum atomic E-state index is 1.30. The number of benzene rings is 2. The van der Waals surface area contributed by atoms with Crippen LogP contribution < -0.4 is 0 Å². The molecule has 0 saturated heterocycles. The molecule has 0 aliphatic carbocycles. The molecule has 0 amide bonds. The lowest BCUT2D eigenvalue weighted by atomic mass is 10.0. The van der Waals surface area contributed by atoms with Crippen molar-refractivity contribution in [1.29, 1.82) is 0 Å². The van der Waals surface area contributed by atoms with Crippen LogP contribution in [0.15, 0.2) is 36.4 Å². The minimum absolute atomic E-state index is 1.30. The predicted octanol–water partition coefficient (Wildman–Crippen LogP) is 5.09. The van der Waals surface area contributed by atoms with Gasteiger partial charge in [-0.1, -0.05) is 59.7 Å². The first-order valence-electron chi connectivity index (χ1n) is 6.39. The molecule has 0 heterocycles. The number of hydrogen-bond acceptors (Lipinski definition) is 0. The molecule has 2 aromatic rings. The van der Waals surface area contributed by atoms with Crippen LogP contribution >= 0.6 is 0 Å². The summed E-state index contributed by atoms with van der Waals surface area (Å²) in [7, 11) is 0. The number of hydrogen-bond donors (Lipinski definition) is 0. The number of aryl methyl sites for hydroxylation is 4. The first-order valence-corrected chi connectivity index (χ1v) is 6.39. The van der Waals surface area contributed by atoms with E-state index in [1.807, 2.05) is 0 Å². The topological polar surface area (TPSA) is 0 Å². The van der Waals surface area contributed by atoms with Gasteiger partial charge in [0.1, 0.15) is 0 Å². The molecule has 0 N–H and O–H groups in total. The summed E-state index contributed by atoms with van der Waals surface area (Å²) >= 11 is 0. The Hall–Kier alpha value is -1.82. The van der Waals surface area contributed by atoms with Crippen LogP contribution in [0, 0.1) is 27.7 Å². The van der Waals surface area contributed by atoms with Crippen molar-refractivity contribution < 1.29 is 0 Å². The van der Waals surface area contributed by atoms with Crippen LogP contribution in [0.1, 0.15) is 33.4 Å². The summed E-state index contributed by atoms with van der Waals surface area (Å²) < 4.78 is 0. The van der Waals surface area contributed by atoms with Gasteiger partial charge in [-0.15, -0.1) is 0 Å². The molecule has 0 radical (unpaired) electrons. The largest absolute Gasteiger partial charge is 0.0590 e. The average Bonchev–Trinajstić information content (AvgIpc) is 2.34. The van der Waals surface area contributed by atoms with Gasteiger partial charge in [-0.25, -0.2) is 0 Å². The lowest BCUT2D eigenvalue weighted by molar-refractivity contribution is 1.37. The second-order valence-electron chi connectivity index (χ2n) is 5.05. The molecular formula is C18H20. The summed E-state index contributed by atoms with van der Waals surface area (Å²) in [6.45, 7) is 8.58. The van der Waals surface area contributed by atoms with E-state index in [4.69, 9.17) is 0 Å². The summed E-state index contributed by atoms with van der Waals surface area (Å²) in [5.41, 5.74) is 7.86. The SMILES string of the molecule is Cc1ccc(C)c(C=Cc2cc(C)ccc2C)c1. The Kier molecular flexibility index (Phi) is 3.66. The molecule has 0 nitrogen and oxygen atoms in total. The van der Waals surface area contributed by atoms with Crippen LogP contribution in [-0.4, -0.2) is 0 Å². The minimum Gasteiger partial charge on any atom is -0.0590 e. The van der Waals surface area contributed by atoms with Crippen molar-refractivity contribution in [3.8, 4) is 0 Å². The standard InChI is InChI=1S/C18H20/c1-13-5-7-15(3)17(11-13)9-10-18-12-14(2)6-8-16(18)4/h5-12H,1-4H3. The Morgan fingerprint density at radius 2 is 1.00 bits per heavy atom. The van der Waals surface area contributed by atoms with E-state index < -0.39 is 0 Å². The molecule has 2 rings (SSSR count). The van der Waals surface area contributed by atoms with E-state index in [0.717, 1.165) is 0 Å². The second kappa shape index (κ2) is 5.22. The lowest BCUT2D eigenvalue weighted by Crippen LogP contribution is -1.84. The molecule has 92 valence electrons. The summed E-state index contributed by atoms with van der Waals surface area (Å²) in [5, 5.41) is 0. The molecule has 0 atom stereocenters. The van der Waals surface area contributed by atoms with E-state index in [-0.39, 0.29) is 0 Å². The van der Waals surface area contributed by atoms with E-state index in [0.29, 0.717) is 0 Å². The van der Waals surface area contributed by atoms with Gasteiger partial charge >= 0.3 is 0 Å². The van der Waals surface area contributed by atoms with Gasteiger partial charge in [0.05, 0.1) is 0 Å². The van der Waals surface area contributed by atoms with Crippen LogP contribution in [0.2, 0.25) is 0 Å². The lowest BCUT2D eigenvalue weighted by Gasteiger charge is -2.04. The van der Waals surface area contributed by atoms with Crippen molar-refractivity contribution in [2.24, 2.45) is 0 Å². The van der Waals surface area contributed by atoms with E-state index in [1.165, 1.54) is 33.4 Å². The van der Waals surface area contributed by atoms with Crippen LogP contribution in [0.4, 0.5) is 0 Å². The van der Waals surface area contributed by atoms with Crippen LogP contribution in [0.25, 0.3) is 12.2 Å². The zero-order valence-corrected chi connectivity index (χ0v) is 11.6. The maximum Gasteiger partial charge on any atom is -0.0225 e. The van der Waals surface area contributed by atoms with Crippen molar-refractivity contribution in [2.75, 3.05) is 0 Å². The van der Waals surface area contributed by atoms with Crippen LogP contribution in [0.3, 0.4) is 0 Å². The molecule has 0 aliphatic rings. The fourth-order valence-corrected chi connectivity index (χ4v) is 2.06. The Bertz CT molecular complexity index is 535. The molecule has 18 heavy (non-hydrogen) atoms. The van der Waals surface area contributed by atoms with Gasteiger partial charge < -0.3 is 0 Å². The molecule has 0 fully saturated rings. The summed E-state index contributed by atoms with van der Waals surface area (Å²) in [5.74, 6) is 0. The first kappa shape index (κ1) is 12.6. The normalized spacial score (nSPS) is 11.1. The van der Waals surface area contributed by atoms with Crippen molar-refractivity contribution in [2.45, 2.75) is 27.7 Å². The van der Waals surface area contributed by atoms with Gasteiger partial charge in [-0.3, -0.25) is 0 Å². The van der Waals surface area contributed by atoms with Gasteiger partial charge in [0.25, 0.3) is 0 Å². The molecule has 0 saturated carbocycles. The summed E-state index contributed by atoms with van der Waals surface area (Å²) in [4.78, 5) is 0. The quantitative estimate of drug-likeness (QED) is 0.637. The summed E-state index contributed by atoms with van der Waals surface area (Å²) in [6.07, 6.45) is 4.42. The van der Waals surface area contributed by atoms with Crippen molar-refractivity contribution in [3.63, 3.8) is 0 Å². The van der Waals surface area contributed by atoms with E-state index >= 15 is 0 Å². The van der Waals surface area contributed by atoms with Crippen molar-refractivity contribution in [1.82, 2.24) is 0 Å². The monoisotopic (exact) mass is 236 g/mol. The smallest absolute Gasteiger partial charge is 0.0225 e. The Balaban J connectivity index is 2.35. The molecule has 0 unspecified atom stereocenters. The first-order chi connectivity index (χ1) is 8.56. The van der Waals surface area contributed by atoms with Gasteiger partial charge in [-0.2, -0.15) is 0 Å². The van der Waals surface area contributed by atoms with Gasteiger partial charge in [0.15, 0.2) is 0 Å². The molecule has 0 heteroatoms. The van der Waals surface area contributed by atoms with Crippen molar-refractivity contribution in [3.05, 3.63) is 69.8 Å². The van der Waals surface area contributed by atoms with Crippen LogP contribution in [0.5, 0.6) is 0 Å². The van der Waals surface area contributed by atoms with Gasteiger partial charge in [0, 0.05) is 0 Å². The molecule has 0 bridgehead atoms. The van der Waals surface area contributed by atoms with Crippen LogP contribution in [-0.2, 0) is 0 Å². The zero-order valence-electron chi connectivity index (χ0n) is 11.6. The predicted molar refractivity (Wildman–Crippen MR) is 80.8 cm³/mol. The third-order valence-electron chi connectivity index (χ3n) is 3.31. The van der Waals surface area contributed by atoms with Gasteiger partial charge in [-0.05, 0) is 49.9 Å². The molecular weight excluding hydrogens is 216 g/mol. The average molecular weight is 236 g/mol. The maximum absolute atomic E-state index is 2.23. The zero-order chi connectivity index (χ0) is 13.1.